The van der Waals surface area contributed by atoms with Gasteiger partial charge in [-0.3, -0.25) is 0 Å². The molecule has 0 spiro atoms. The van der Waals surface area contributed by atoms with Gasteiger partial charge in [0.1, 0.15) is 11.2 Å². The third kappa shape index (κ3) is 4.49. The Labute approximate surface area is 228 Å². The van der Waals surface area contributed by atoms with Gasteiger partial charge in [0.25, 0.3) is 0 Å². The van der Waals surface area contributed by atoms with E-state index in [1.165, 1.54) is 67.7 Å². The molecule has 1 saturated carbocycles. The lowest BCUT2D eigenvalue weighted by Gasteiger charge is -2.24. The summed E-state index contributed by atoms with van der Waals surface area (Å²) >= 11 is 3.78. The van der Waals surface area contributed by atoms with Gasteiger partial charge in [0.15, 0.2) is 10.3 Å². The van der Waals surface area contributed by atoms with E-state index >= 15 is 0 Å². The van der Waals surface area contributed by atoms with Crippen LogP contribution in [-0.2, 0) is 0 Å². The summed E-state index contributed by atoms with van der Waals surface area (Å²) in [5.41, 5.74) is 9.40. The zero-order valence-corrected chi connectivity index (χ0v) is 22.8. The summed E-state index contributed by atoms with van der Waals surface area (Å²) in [7, 11) is -0.0795. The van der Waals surface area contributed by atoms with Crippen LogP contribution in [0.25, 0.3) is 26.9 Å². The van der Waals surface area contributed by atoms with Crippen LogP contribution in [0, 0.1) is 0 Å². The summed E-state index contributed by atoms with van der Waals surface area (Å²) in [5.74, 6) is 1.19. The SMILES string of the molecule is Nc1nc(NC2CCCCC2)c2cc(-c3cc[s+](-c4cccc5c4Sc4ccccc4S5)c3)ccc2n1. The summed E-state index contributed by atoms with van der Waals surface area (Å²) in [6, 6.07) is 24.6. The summed E-state index contributed by atoms with van der Waals surface area (Å²) < 4.78 is 0. The van der Waals surface area contributed by atoms with Gasteiger partial charge in [0, 0.05) is 48.2 Å². The number of nitrogens with zero attached hydrogens (tertiary/aromatic N) is 2. The summed E-state index contributed by atoms with van der Waals surface area (Å²) in [5, 5.41) is 9.49. The molecular weight excluding hydrogens is 513 g/mol. The van der Waals surface area contributed by atoms with Crippen molar-refractivity contribution in [1.29, 1.82) is 0 Å². The lowest BCUT2D eigenvalue weighted by Crippen LogP contribution is -2.23. The van der Waals surface area contributed by atoms with E-state index in [0.717, 1.165) is 16.7 Å². The highest BCUT2D eigenvalue weighted by molar-refractivity contribution is 8.05. The maximum absolute atomic E-state index is 6.07. The number of nitrogen functional groups attached to an aromatic ring is 1. The monoisotopic (exact) mass is 539 g/mol. The van der Waals surface area contributed by atoms with E-state index in [1.807, 2.05) is 23.5 Å². The van der Waals surface area contributed by atoms with Crippen LogP contribution < -0.4 is 11.1 Å². The molecule has 0 amide bonds. The highest BCUT2D eigenvalue weighted by atomic mass is 32.2. The zero-order chi connectivity index (χ0) is 24.8. The Kier molecular flexibility index (Phi) is 6.07. The molecule has 5 aromatic rings. The van der Waals surface area contributed by atoms with Crippen LogP contribution in [0.1, 0.15) is 32.1 Å². The number of rotatable bonds is 4. The highest BCUT2D eigenvalue weighted by Crippen LogP contribution is 2.53. The maximum atomic E-state index is 6.07. The van der Waals surface area contributed by atoms with Crippen LogP contribution >= 0.6 is 34.0 Å². The van der Waals surface area contributed by atoms with Crippen LogP contribution in [-0.4, -0.2) is 16.0 Å². The number of hydrogen-bond donors (Lipinski definition) is 2. The second kappa shape index (κ2) is 9.71. The van der Waals surface area contributed by atoms with Gasteiger partial charge >= 0.3 is 0 Å². The maximum Gasteiger partial charge on any atom is 0.222 e. The minimum Gasteiger partial charge on any atom is -0.368 e. The smallest absolute Gasteiger partial charge is 0.222 e. The first-order valence-electron chi connectivity index (χ1n) is 12.8. The lowest BCUT2D eigenvalue weighted by molar-refractivity contribution is 0.462. The second-order valence-electron chi connectivity index (χ2n) is 9.62. The minimum atomic E-state index is -0.0795. The quantitative estimate of drug-likeness (QED) is 0.218. The predicted octanol–water partition coefficient (Wildman–Crippen LogP) is 8.98. The number of anilines is 2. The van der Waals surface area contributed by atoms with Crippen LogP contribution in [0.15, 0.2) is 97.1 Å². The first-order valence-corrected chi connectivity index (χ1v) is 15.7. The van der Waals surface area contributed by atoms with E-state index in [0.29, 0.717) is 12.0 Å². The van der Waals surface area contributed by atoms with Crippen molar-refractivity contribution in [3.05, 3.63) is 77.5 Å². The van der Waals surface area contributed by atoms with Crippen LogP contribution in [0.2, 0.25) is 0 Å². The van der Waals surface area contributed by atoms with Gasteiger partial charge in [0.2, 0.25) is 5.95 Å². The second-order valence-corrected chi connectivity index (χ2v) is 13.5. The molecular formula is C30H27N4S3+. The number of benzene rings is 3. The molecule has 2 aromatic heterocycles. The number of fused-ring (bicyclic) bond motifs is 3. The molecule has 3 aromatic carbocycles. The van der Waals surface area contributed by atoms with Gasteiger partial charge in [0.05, 0.1) is 10.4 Å². The largest absolute Gasteiger partial charge is 0.368 e. The summed E-state index contributed by atoms with van der Waals surface area (Å²) in [6.07, 6.45) is 6.24. The molecule has 1 aliphatic carbocycles. The van der Waals surface area contributed by atoms with Gasteiger partial charge in [-0.15, -0.1) is 0 Å². The fourth-order valence-corrected chi connectivity index (χ4v) is 9.69. The molecule has 4 nitrogen and oxygen atoms in total. The number of nitrogens with one attached hydrogen (secondary N) is 1. The lowest BCUT2D eigenvalue weighted by atomic mass is 9.95. The molecule has 7 rings (SSSR count). The molecule has 1 unspecified atom stereocenters. The van der Waals surface area contributed by atoms with E-state index in [-0.39, 0.29) is 10.5 Å². The number of nitrogens with two attached hydrogens (primary N) is 1. The Hall–Kier alpha value is -3.00. The fraction of sp³-hybridized carbons (Fsp3) is 0.200. The molecule has 2 aliphatic rings. The normalized spacial score (nSPS) is 15.8. The van der Waals surface area contributed by atoms with E-state index in [4.69, 9.17) is 5.73 Å². The highest BCUT2D eigenvalue weighted by Gasteiger charge is 2.25. The Balaban J connectivity index is 1.24. The zero-order valence-electron chi connectivity index (χ0n) is 20.3. The molecule has 0 saturated heterocycles. The molecule has 1 fully saturated rings. The first kappa shape index (κ1) is 23.1. The molecule has 3 heterocycles. The predicted molar refractivity (Wildman–Crippen MR) is 158 cm³/mol. The molecule has 37 heavy (non-hydrogen) atoms. The molecule has 0 radical (unpaired) electrons. The Morgan fingerprint density at radius 1 is 0.811 bits per heavy atom. The topological polar surface area (TPSA) is 63.8 Å². The first-order chi connectivity index (χ1) is 18.2. The minimum absolute atomic E-state index is 0.0795. The Morgan fingerprint density at radius 3 is 2.49 bits per heavy atom. The van der Waals surface area contributed by atoms with Gasteiger partial charge in [-0.25, -0.2) is 4.98 Å². The van der Waals surface area contributed by atoms with Crippen molar-refractivity contribution < 1.29 is 0 Å². The molecule has 1 aliphatic heterocycles. The van der Waals surface area contributed by atoms with E-state index < -0.39 is 0 Å². The van der Waals surface area contributed by atoms with Gasteiger partial charge in [-0.1, -0.05) is 67.1 Å². The van der Waals surface area contributed by atoms with Crippen molar-refractivity contribution in [3.63, 3.8) is 0 Å². The molecule has 0 bridgehead atoms. The van der Waals surface area contributed by atoms with Crippen molar-refractivity contribution in [2.24, 2.45) is 0 Å². The average Bonchev–Trinajstić information content (AvgIpc) is 3.42. The Morgan fingerprint density at radius 2 is 1.62 bits per heavy atom. The van der Waals surface area contributed by atoms with Gasteiger partial charge < -0.3 is 11.1 Å². The molecule has 1 atom stereocenters. The third-order valence-electron chi connectivity index (χ3n) is 7.12. The van der Waals surface area contributed by atoms with Gasteiger partial charge in [-0.05, 0) is 54.8 Å². The number of hydrogen-bond acceptors (Lipinski definition) is 6. The Bertz CT molecular complexity index is 1620. The van der Waals surface area contributed by atoms with Gasteiger partial charge in [-0.2, -0.15) is 4.98 Å². The fourth-order valence-electron chi connectivity index (χ4n) is 5.25. The standard InChI is InChI=1S/C30H27N4S3/c31-30-33-23-14-13-19(17-22(23)29(34-30)32-21-7-2-1-3-8-21)20-15-16-37(18-20)27-12-6-11-26-28(27)36-25-10-5-4-9-24(25)35-26/h4-6,9-18,21H,1-3,7-8H2,(H3,31,32,33,34)/q+1. The van der Waals surface area contributed by atoms with Crippen molar-refractivity contribution in [2.45, 2.75) is 57.7 Å². The molecule has 3 N–H and O–H groups in total. The number of aromatic nitrogens is 2. The van der Waals surface area contributed by atoms with Crippen molar-refractivity contribution in [2.75, 3.05) is 11.1 Å². The van der Waals surface area contributed by atoms with Crippen LogP contribution in [0.5, 0.6) is 0 Å². The van der Waals surface area contributed by atoms with E-state index in [2.05, 4.69) is 92.8 Å². The number of thiophene rings is 1. The van der Waals surface area contributed by atoms with Crippen molar-refractivity contribution in [3.8, 4) is 16.0 Å². The van der Waals surface area contributed by atoms with E-state index in [9.17, 15) is 0 Å². The third-order valence-corrected chi connectivity index (χ3v) is 11.6. The van der Waals surface area contributed by atoms with E-state index in [1.54, 1.807) is 0 Å². The summed E-state index contributed by atoms with van der Waals surface area (Å²) in [6.45, 7) is 0. The molecule has 184 valence electrons. The average molecular weight is 540 g/mol. The van der Waals surface area contributed by atoms with Crippen molar-refractivity contribution in [1.82, 2.24) is 9.97 Å². The summed E-state index contributed by atoms with van der Waals surface area (Å²) in [4.78, 5) is 15.9. The van der Waals surface area contributed by atoms with Crippen LogP contribution in [0.4, 0.5) is 11.8 Å². The van der Waals surface area contributed by atoms with Crippen molar-refractivity contribution >= 4 is 56.7 Å². The molecule has 7 heteroatoms. The van der Waals surface area contributed by atoms with Crippen LogP contribution in [0.3, 0.4) is 0 Å².